The Hall–Kier alpha value is -9.90. The van der Waals surface area contributed by atoms with Crippen molar-refractivity contribution in [2.24, 2.45) is 0 Å². The molecular formula is C72H52N4. The van der Waals surface area contributed by atoms with E-state index in [1.165, 1.54) is 60.3 Å². The summed E-state index contributed by atoms with van der Waals surface area (Å²) in [5.41, 5.74) is 19.6. The van der Waals surface area contributed by atoms with Crippen LogP contribution in [0.2, 0.25) is 0 Å². The van der Waals surface area contributed by atoms with Crippen molar-refractivity contribution in [1.29, 1.82) is 0 Å². The molecule has 0 spiro atoms. The second-order valence-electron chi connectivity index (χ2n) is 19.7. The molecule has 360 valence electrons. The highest BCUT2D eigenvalue weighted by molar-refractivity contribution is 6.12. The predicted octanol–water partition coefficient (Wildman–Crippen LogP) is 19.8. The molecule has 14 rings (SSSR count). The number of nitrogens with zero attached hydrogens (tertiary/aromatic N) is 4. The molecule has 0 saturated carbocycles. The summed E-state index contributed by atoms with van der Waals surface area (Å²) in [6, 6.07) is 99.6. The molecule has 0 bridgehead atoms. The van der Waals surface area contributed by atoms with E-state index in [-0.39, 0.29) is 0 Å². The van der Waals surface area contributed by atoms with Crippen molar-refractivity contribution < 1.29 is 0 Å². The Morgan fingerprint density at radius 3 is 1.24 bits per heavy atom. The number of fused-ring (bicyclic) bond motifs is 6. The zero-order valence-electron chi connectivity index (χ0n) is 41.9. The van der Waals surface area contributed by atoms with Crippen molar-refractivity contribution >= 4 is 77.7 Å². The molecule has 0 amide bonds. The van der Waals surface area contributed by atoms with Crippen LogP contribution in [0.4, 0.5) is 34.1 Å². The zero-order chi connectivity index (χ0) is 50.4. The summed E-state index contributed by atoms with van der Waals surface area (Å²) < 4.78 is 4.76. The molecule has 4 nitrogen and oxygen atoms in total. The van der Waals surface area contributed by atoms with Gasteiger partial charge in [0.25, 0.3) is 0 Å². The largest absolute Gasteiger partial charge is 0.310 e. The predicted molar refractivity (Wildman–Crippen MR) is 321 cm³/mol. The Bertz CT molecular complexity index is 4300. The maximum absolute atomic E-state index is 2.42. The molecule has 1 unspecified atom stereocenters. The van der Waals surface area contributed by atoms with Crippen molar-refractivity contribution in [2.75, 3.05) is 9.80 Å². The Balaban J connectivity index is 0.854. The minimum absolute atomic E-state index is 0.330. The molecule has 2 heterocycles. The number of aromatic nitrogens is 2. The fourth-order valence-electron chi connectivity index (χ4n) is 11.6. The van der Waals surface area contributed by atoms with Gasteiger partial charge in [-0.15, -0.1) is 0 Å². The van der Waals surface area contributed by atoms with E-state index in [1.54, 1.807) is 0 Å². The first-order valence-corrected chi connectivity index (χ1v) is 26.3. The molecule has 0 saturated heterocycles. The Labute approximate surface area is 443 Å². The van der Waals surface area contributed by atoms with Crippen molar-refractivity contribution in [3.05, 3.63) is 303 Å². The van der Waals surface area contributed by atoms with Crippen molar-refractivity contribution in [2.45, 2.75) is 12.3 Å². The second kappa shape index (κ2) is 19.2. The number of hydrogen-bond donors (Lipinski definition) is 0. The lowest BCUT2D eigenvalue weighted by molar-refractivity contribution is 0.853. The average Bonchev–Trinajstić information content (AvgIpc) is 4.08. The van der Waals surface area contributed by atoms with Crippen LogP contribution >= 0.6 is 0 Å². The van der Waals surface area contributed by atoms with Gasteiger partial charge in [-0.05, 0) is 156 Å². The summed E-state index contributed by atoms with van der Waals surface area (Å²) in [6.07, 6.45) is 9.90. The van der Waals surface area contributed by atoms with Crippen LogP contribution in [0.5, 0.6) is 0 Å². The fourth-order valence-corrected chi connectivity index (χ4v) is 11.6. The summed E-state index contributed by atoms with van der Waals surface area (Å²) in [4.78, 5) is 4.81. The standard InChI is InChI=1S/C72H52N4/c1-5-19-51(20-6-1)55-23-17-29-61(47-55)73(63-43-45-71-67(49-63)65-31-13-15-33-69(65)75(71)57-25-9-3-10-26-57)59-39-35-53(36-40-59)54-37-41-60(42-38-54)74(62-30-18-24-56(48-62)52-21-7-2-8-22-52)64-44-46-72-68(50-64)66-32-14-16-34-70(66)76(72)58-27-11-4-12-28-58/h1-21,23-50,52H,22H2. The van der Waals surface area contributed by atoms with Crippen LogP contribution in [0.15, 0.2) is 297 Å². The fraction of sp³-hybridized carbons (Fsp3) is 0.0278. The van der Waals surface area contributed by atoms with Gasteiger partial charge in [-0.2, -0.15) is 0 Å². The first-order chi connectivity index (χ1) is 37.7. The Kier molecular flexibility index (Phi) is 11.3. The number of rotatable bonds is 11. The quantitative estimate of drug-likeness (QED) is 0.128. The molecule has 11 aromatic carbocycles. The SMILES string of the molecule is C1=CCC(c2cccc(N(c3ccc(-c4ccc(N(c5cccc(-c6ccccc6)c5)c5ccc6c(c5)c5ccccc5n6-c5ccccc5)cc4)cc3)c3ccc4c(c3)c3ccccc3n4-c3ccccc3)c2)C=C1. The average molecular weight is 973 g/mol. The summed E-state index contributed by atoms with van der Waals surface area (Å²) >= 11 is 0. The molecule has 1 aliphatic rings. The van der Waals surface area contributed by atoms with Crippen molar-refractivity contribution in [1.82, 2.24) is 9.13 Å². The zero-order valence-corrected chi connectivity index (χ0v) is 41.9. The Morgan fingerprint density at radius 2 is 0.711 bits per heavy atom. The number of anilines is 6. The molecule has 0 aliphatic heterocycles. The molecular weight excluding hydrogens is 921 g/mol. The summed E-state index contributed by atoms with van der Waals surface area (Å²) in [6.45, 7) is 0. The first-order valence-electron chi connectivity index (χ1n) is 26.3. The molecule has 1 aliphatic carbocycles. The van der Waals surface area contributed by atoms with E-state index in [9.17, 15) is 0 Å². The Morgan fingerprint density at radius 1 is 0.289 bits per heavy atom. The molecule has 0 fully saturated rings. The third-order valence-corrected chi connectivity index (χ3v) is 15.2. The maximum atomic E-state index is 2.42. The summed E-state index contributed by atoms with van der Waals surface area (Å²) in [5, 5.41) is 4.88. The van der Waals surface area contributed by atoms with Gasteiger partial charge in [0.15, 0.2) is 0 Å². The van der Waals surface area contributed by atoms with E-state index in [1.807, 2.05) is 0 Å². The number of allylic oxidation sites excluding steroid dienone is 4. The number of hydrogen-bond acceptors (Lipinski definition) is 2. The van der Waals surface area contributed by atoms with Crippen LogP contribution in [-0.4, -0.2) is 9.13 Å². The topological polar surface area (TPSA) is 16.3 Å². The molecule has 0 radical (unpaired) electrons. The minimum atomic E-state index is 0.330. The van der Waals surface area contributed by atoms with Crippen LogP contribution in [0, 0.1) is 0 Å². The van der Waals surface area contributed by atoms with E-state index in [4.69, 9.17) is 0 Å². The lowest BCUT2D eigenvalue weighted by Gasteiger charge is -2.27. The lowest BCUT2D eigenvalue weighted by atomic mass is 9.92. The van der Waals surface area contributed by atoms with E-state index in [0.29, 0.717) is 5.92 Å². The second-order valence-corrected chi connectivity index (χ2v) is 19.7. The van der Waals surface area contributed by atoms with Gasteiger partial charge in [0.2, 0.25) is 0 Å². The minimum Gasteiger partial charge on any atom is -0.310 e. The van der Waals surface area contributed by atoms with Gasteiger partial charge in [-0.25, -0.2) is 0 Å². The van der Waals surface area contributed by atoms with Gasteiger partial charge in [0, 0.05) is 73.0 Å². The summed E-state index contributed by atoms with van der Waals surface area (Å²) in [7, 11) is 0. The third kappa shape index (κ3) is 8.05. The molecule has 0 N–H and O–H groups in total. The van der Waals surface area contributed by atoms with Gasteiger partial charge >= 0.3 is 0 Å². The normalized spacial score (nSPS) is 13.2. The number of benzene rings is 11. The van der Waals surface area contributed by atoms with Crippen LogP contribution in [0.1, 0.15) is 17.9 Å². The van der Waals surface area contributed by atoms with Gasteiger partial charge < -0.3 is 18.9 Å². The van der Waals surface area contributed by atoms with Crippen LogP contribution < -0.4 is 9.80 Å². The van der Waals surface area contributed by atoms with Crippen molar-refractivity contribution in [3.8, 4) is 33.6 Å². The van der Waals surface area contributed by atoms with E-state index in [0.717, 1.165) is 63.0 Å². The summed E-state index contributed by atoms with van der Waals surface area (Å²) in [5.74, 6) is 0.330. The maximum Gasteiger partial charge on any atom is 0.0542 e. The third-order valence-electron chi connectivity index (χ3n) is 15.2. The molecule has 1 atom stereocenters. The van der Waals surface area contributed by atoms with Gasteiger partial charge in [-0.1, -0.05) is 176 Å². The number of para-hydroxylation sites is 4. The van der Waals surface area contributed by atoms with Gasteiger partial charge in [0.1, 0.15) is 0 Å². The lowest BCUT2D eigenvalue weighted by Crippen LogP contribution is -2.11. The highest BCUT2D eigenvalue weighted by atomic mass is 15.1. The monoisotopic (exact) mass is 972 g/mol. The highest BCUT2D eigenvalue weighted by Gasteiger charge is 2.21. The molecule has 76 heavy (non-hydrogen) atoms. The van der Waals surface area contributed by atoms with Gasteiger partial charge in [-0.3, -0.25) is 0 Å². The van der Waals surface area contributed by atoms with Crippen molar-refractivity contribution in [3.63, 3.8) is 0 Å². The molecule has 4 heteroatoms. The van der Waals surface area contributed by atoms with E-state index < -0.39 is 0 Å². The van der Waals surface area contributed by atoms with Gasteiger partial charge in [0.05, 0.1) is 22.1 Å². The highest BCUT2D eigenvalue weighted by Crippen LogP contribution is 2.44. The van der Waals surface area contributed by atoms with Crippen LogP contribution in [0.3, 0.4) is 0 Å². The molecule has 13 aromatic rings. The van der Waals surface area contributed by atoms with Crippen LogP contribution in [-0.2, 0) is 0 Å². The van der Waals surface area contributed by atoms with E-state index in [2.05, 4.69) is 316 Å². The van der Waals surface area contributed by atoms with E-state index >= 15 is 0 Å². The molecule has 2 aromatic heterocycles. The smallest absolute Gasteiger partial charge is 0.0542 e. The first kappa shape index (κ1) is 44.8. The van der Waals surface area contributed by atoms with Crippen LogP contribution in [0.25, 0.3) is 77.2 Å².